The van der Waals surface area contributed by atoms with Gasteiger partial charge < -0.3 is 9.64 Å². The Balaban J connectivity index is 2.18. The summed E-state index contributed by atoms with van der Waals surface area (Å²) in [5.41, 5.74) is 2.69. The van der Waals surface area contributed by atoms with Crippen molar-refractivity contribution < 1.29 is 4.74 Å². The molecule has 0 saturated carbocycles. The maximum absolute atomic E-state index is 5.42. The lowest BCUT2D eigenvalue weighted by molar-refractivity contribution is 0.0639. The topological polar surface area (TPSA) is 12.5 Å². The molecule has 92 valence electrons. The van der Waals surface area contributed by atoms with E-state index >= 15 is 0 Å². The summed E-state index contributed by atoms with van der Waals surface area (Å²) in [6.07, 6.45) is 4.70. The Morgan fingerprint density at radius 1 is 1.24 bits per heavy atom. The lowest BCUT2D eigenvalue weighted by Crippen LogP contribution is -2.34. The van der Waals surface area contributed by atoms with E-state index < -0.39 is 0 Å². The van der Waals surface area contributed by atoms with Gasteiger partial charge in [-0.1, -0.05) is 49.8 Å². The van der Waals surface area contributed by atoms with Gasteiger partial charge in [0.15, 0.2) is 0 Å². The first-order chi connectivity index (χ1) is 8.42. The van der Waals surface area contributed by atoms with E-state index in [9.17, 15) is 0 Å². The molecule has 1 fully saturated rings. The molecule has 0 bridgehead atoms. The predicted octanol–water partition coefficient (Wildman–Crippen LogP) is 3.16. The number of ether oxygens (including phenoxy) is 1. The van der Waals surface area contributed by atoms with Gasteiger partial charge in [-0.25, -0.2) is 0 Å². The number of allylic oxidation sites excluding steroid dienone is 1. The molecule has 0 aromatic heterocycles. The molecule has 0 unspecified atom stereocenters. The minimum absolute atomic E-state index is 0.844. The molecule has 0 atom stereocenters. The molecule has 0 aliphatic carbocycles. The van der Waals surface area contributed by atoms with Crippen LogP contribution in [0, 0.1) is 0 Å². The van der Waals surface area contributed by atoms with E-state index in [1.165, 1.54) is 17.7 Å². The molecule has 2 rings (SSSR count). The van der Waals surface area contributed by atoms with Crippen LogP contribution in [0.2, 0.25) is 0 Å². The Morgan fingerprint density at radius 2 is 1.94 bits per heavy atom. The summed E-state index contributed by atoms with van der Waals surface area (Å²) < 4.78 is 5.42. The maximum Gasteiger partial charge on any atom is 0.0642 e. The average molecular weight is 231 g/mol. The van der Waals surface area contributed by atoms with Crippen molar-refractivity contribution in [3.8, 4) is 0 Å². The largest absolute Gasteiger partial charge is 0.378 e. The van der Waals surface area contributed by atoms with E-state index in [1.54, 1.807) is 0 Å². The zero-order chi connectivity index (χ0) is 11.9. The second-order valence-corrected chi connectivity index (χ2v) is 4.34. The summed E-state index contributed by atoms with van der Waals surface area (Å²) in [7, 11) is 0. The maximum atomic E-state index is 5.42. The highest BCUT2D eigenvalue weighted by Crippen LogP contribution is 2.21. The fraction of sp³-hybridized carbons (Fsp3) is 0.467. The van der Waals surface area contributed by atoms with Gasteiger partial charge in [0, 0.05) is 18.8 Å². The lowest BCUT2D eigenvalue weighted by atomic mass is 10.1. The Labute approximate surface area is 104 Å². The van der Waals surface area contributed by atoms with Crippen LogP contribution >= 0.6 is 0 Å². The summed E-state index contributed by atoms with van der Waals surface area (Å²) in [6, 6.07) is 10.7. The molecule has 1 saturated heterocycles. The zero-order valence-electron chi connectivity index (χ0n) is 10.6. The van der Waals surface area contributed by atoms with Crippen molar-refractivity contribution in [3.63, 3.8) is 0 Å². The van der Waals surface area contributed by atoms with Crippen LogP contribution < -0.4 is 0 Å². The van der Waals surface area contributed by atoms with Gasteiger partial charge in [0.25, 0.3) is 0 Å². The highest BCUT2D eigenvalue weighted by Gasteiger charge is 2.14. The van der Waals surface area contributed by atoms with Crippen molar-refractivity contribution in [1.29, 1.82) is 0 Å². The summed E-state index contributed by atoms with van der Waals surface area (Å²) in [4.78, 5) is 2.44. The van der Waals surface area contributed by atoms with Crippen LogP contribution in [0.4, 0.5) is 0 Å². The fourth-order valence-corrected chi connectivity index (χ4v) is 2.12. The fourth-order valence-electron chi connectivity index (χ4n) is 2.12. The van der Waals surface area contributed by atoms with E-state index in [0.717, 1.165) is 32.7 Å². The summed E-state index contributed by atoms with van der Waals surface area (Å²) in [5.74, 6) is 0. The van der Waals surface area contributed by atoms with Gasteiger partial charge in [-0.15, -0.1) is 0 Å². The highest BCUT2D eigenvalue weighted by atomic mass is 16.5. The third-order valence-corrected chi connectivity index (χ3v) is 3.05. The van der Waals surface area contributed by atoms with Crippen molar-refractivity contribution >= 4 is 5.70 Å². The van der Waals surface area contributed by atoms with E-state index in [2.05, 4.69) is 48.2 Å². The SMILES string of the molecule is CCC/C=C(\c1ccccc1)N1CCOCC1. The van der Waals surface area contributed by atoms with Gasteiger partial charge in [-0.3, -0.25) is 0 Å². The number of unbranched alkanes of at least 4 members (excludes halogenated alkanes) is 1. The first kappa shape index (κ1) is 12.2. The van der Waals surface area contributed by atoms with Crippen molar-refractivity contribution in [2.24, 2.45) is 0 Å². The standard InChI is InChI=1S/C15H21NO/c1-2-3-9-15(14-7-5-4-6-8-14)16-10-12-17-13-11-16/h4-9H,2-3,10-13H2,1H3/b15-9+. The molecular formula is C15H21NO. The Morgan fingerprint density at radius 3 is 2.59 bits per heavy atom. The molecule has 2 nitrogen and oxygen atoms in total. The van der Waals surface area contributed by atoms with E-state index in [1.807, 2.05) is 0 Å². The van der Waals surface area contributed by atoms with E-state index in [4.69, 9.17) is 4.74 Å². The quantitative estimate of drug-likeness (QED) is 0.789. The highest BCUT2D eigenvalue weighted by molar-refractivity contribution is 5.64. The first-order valence-corrected chi connectivity index (χ1v) is 6.50. The monoisotopic (exact) mass is 231 g/mol. The minimum atomic E-state index is 0.844. The van der Waals surface area contributed by atoms with Crippen LogP contribution in [-0.4, -0.2) is 31.2 Å². The third kappa shape index (κ3) is 3.34. The van der Waals surface area contributed by atoms with Crippen molar-refractivity contribution in [1.82, 2.24) is 4.90 Å². The third-order valence-electron chi connectivity index (χ3n) is 3.05. The Hall–Kier alpha value is -1.28. The molecule has 2 heteroatoms. The molecule has 0 N–H and O–H groups in total. The lowest BCUT2D eigenvalue weighted by Gasteiger charge is -2.31. The van der Waals surface area contributed by atoms with E-state index in [0.29, 0.717) is 0 Å². The molecular weight excluding hydrogens is 210 g/mol. The van der Waals surface area contributed by atoms with Gasteiger partial charge in [0.05, 0.1) is 13.2 Å². The van der Waals surface area contributed by atoms with Gasteiger partial charge in [0.2, 0.25) is 0 Å². The van der Waals surface area contributed by atoms with Crippen LogP contribution in [0.5, 0.6) is 0 Å². The van der Waals surface area contributed by atoms with E-state index in [-0.39, 0.29) is 0 Å². The number of nitrogens with zero attached hydrogens (tertiary/aromatic N) is 1. The normalized spacial score (nSPS) is 17.2. The van der Waals surface area contributed by atoms with Crippen LogP contribution in [0.3, 0.4) is 0 Å². The summed E-state index contributed by atoms with van der Waals surface area (Å²) in [5, 5.41) is 0. The predicted molar refractivity (Wildman–Crippen MR) is 71.7 cm³/mol. The molecule has 17 heavy (non-hydrogen) atoms. The van der Waals surface area contributed by atoms with Crippen LogP contribution in [-0.2, 0) is 4.74 Å². The second-order valence-electron chi connectivity index (χ2n) is 4.34. The molecule has 1 aromatic rings. The molecule has 1 aliphatic rings. The number of morpholine rings is 1. The molecule has 1 aliphatic heterocycles. The van der Waals surface area contributed by atoms with Gasteiger partial charge in [-0.2, -0.15) is 0 Å². The van der Waals surface area contributed by atoms with Crippen LogP contribution in [0.25, 0.3) is 5.70 Å². The van der Waals surface area contributed by atoms with Crippen LogP contribution in [0.1, 0.15) is 25.3 Å². The number of hydrogen-bond acceptors (Lipinski definition) is 2. The Bertz CT molecular complexity index is 352. The summed E-state index contributed by atoms with van der Waals surface area (Å²) >= 11 is 0. The Kier molecular flexibility index (Phi) is 4.63. The first-order valence-electron chi connectivity index (χ1n) is 6.50. The second kappa shape index (κ2) is 6.45. The van der Waals surface area contributed by atoms with Gasteiger partial charge >= 0.3 is 0 Å². The average Bonchev–Trinajstić information content (AvgIpc) is 2.42. The van der Waals surface area contributed by atoms with Crippen molar-refractivity contribution in [2.45, 2.75) is 19.8 Å². The molecule has 0 spiro atoms. The number of hydrogen-bond donors (Lipinski definition) is 0. The number of rotatable bonds is 4. The van der Waals surface area contributed by atoms with Gasteiger partial charge in [0.1, 0.15) is 0 Å². The smallest absolute Gasteiger partial charge is 0.0642 e. The van der Waals surface area contributed by atoms with Crippen molar-refractivity contribution in [2.75, 3.05) is 26.3 Å². The molecule has 1 heterocycles. The minimum Gasteiger partial charge on any atom is -0.378 e. The van der Waals surface area contributed by atoms with Gasteiger partial charge in [-0.05, 0) is 12.0 Å². The molecule has 0 amide bonds. The number of benzene rings is 1. The zero-order valence-corrected chi connectivity index (χ0v) is 10.6. The molecule has 0 radical (unpaired) electrons. The summed E-state index contributed by atoms with van der Waals surface area (Å²) in [6.45, 7) is 5.92. The van der Waals surface area contributed by atoms with Crippen LogP contribution in [0.15, 0.2) is 36.4 Å². The van der Waals surface area contributed by atoms with Crippen molar-refractivity contribution in [3.05, 3.63) is 42.0 Å². The molecule has 1 aromatic carbocycles.